The first kappa shape index (κ1) is 17.0. The zero-order valence-electron chi connectivity index (χ0n) is 13.0. The highest BCUT2D eigenvalue weighted by atomic mass is 32.2. The number of carbonyl (C=O) groups is 1. The molecule has 2 aromatic rings. The monoisotopic (exact) mass is 335 g/mol. The average Bonchev–Trinajstić information content (AvgIpc) is 2.94. The summed E-state index contributed by atoms with van der Waals surface area (Å²) >= 11 is 3.14. The summed E-state index contributed by atoms with van der Waals surface area (Å²) in [4.78, 5) is 11.9. The van der Waals surface area contributed by atoms with Crippen LogP contribution in [-0.4, -0.2) is 21.9 Å². The molecule has 0 bridgehead atoms. The number of nitrogens with zero attached hydrogens (tertiary/aromatic N) is 2. The van der Waals surface area contributed by atoms with E-state index >= 15 is 0 Å². The number of rotatable bonds is 8. The molecule has 1 aromatic carbocycles. The lowest BCUT2D eigenvalue weighted by molar-refractivity contribution is -0.116. The summed E-state index contributed by atoms with van der Waals surface area (Å²) in [6, 6.07) is 8.27. The first-order valence-corrected chi connectivity index (χ1v) is 9.29. The van der Waals surface area contributed by atoms with E-state index in [2.05, 4.69) is 53.6 Å². The van der Waals surface area contributed by atoms with Gasteiger partial charge in [-0.2, -0.15) is 0 Å². The molecule has 0 aliphatic carbocycles. The van der Waals surface area contributed by atoms with E-state index in [1.807, 2.05) is 0 Å². The Labute approximate surface area is 139 Å². The molecule has 0 atom stereocenters. The predicted molar refractivity (Wildman–Crippen MR) is 93.7 cm³/mol. The van der Waals surface area contributed by atoms with E-state index in [0.717, 1.165) is 16.5 Å². The molecule has 0 aliphatic heterocycles. The minimum absolute atomic E-state index is 0.0122. The second-order valence-corrected chi connectivity index (χ2v) is 7.43. The van der Waals surface area contributed by atoms with Crippen LogP contribution in [0.1, 0.15) is 37.3 Å². The summed E-state index contributed by atoms with van der Waals surface area (Å²) < 4.78 is 0.919. The van der Waals surface area contributed by atoms with Crippen molar-refractivity contribution in [2.75, 3.05) is 11.1 Å². The molecule has 1 amide bonds. The van der Waals surface area contributed by atoms with E-state index in [9.17, 15) is 4.79 Å². The number of hydrogen-bond acceptors (Lipinski definition) is 5. The van der Waals surface area contributed by atoms with Gasteiger partial charge in [0.1, 0.15) is 0 Å². The van der Waals surface area contributed by atoms with Crippen LogP contribution in [0.25, 0.3) is 0 Å². The van der Waals surface area contributed by atoms with Crippen LogP contribution in [0.3, 0.4) is 0 Å². The second-order valence-electron chi connectivity index (χ2n) is 5.11. The number of aromatic nitrogens is 2. The van der Waals surface area contributed by atoms with Gasteiger partial charge in [0, 0.05) is 12.2 Å². The molecule has 6 heteroatoms. The SMILES string of the molecule is CCCCSc1nnc(NC(=O)CCc2ccc(C)cc2)s1. The van der Waals surface area contributed by atoms with E-state index < -0.39 is 0 Å². The Hall–Kier alpha value is -1.40. The highest BCUT2D eigenvalue weighted by Crippen LogP contribution is 2.26. The Balaban J connectivity index is 1.75. The fourth-order valence-corrected chi connectivity index (χ4v) is 3.74. The van der Waals surface area contributed by atoms with Gasteiger partial charge >= 0.3 is 0 Å². The van der Waals surface area contributed by atoms with Crippen molar-refractivity contribution >= 4 is 34.1 Å². The number of benzene rings is 1. The van der Waals surface area contributed by atoms with Crippen LogP contribution in [-0.2, 0) is 11.2 Å². The zero-order chi connectivity index (χ0) is 15.8. The maximum Gasteiger partial charge on any atom is 0.226 e. The van der Waals surface area contributed by atoms with Crippen LogP contribution < -0.4 is 5.32 Å². The van der Waals surface area contributed by atoms with Crippen LogP contribution in [0.15, 0.2) is 28.6 Å². The van der Waals surface area contributed by atoms with Gasteiger partial charge in [0.05, 0.1) is 0 Å². The summed E-state index contributed by atoms with van der Waals surface area (Å²) in [7, 11) is 0. The Morgan fingerprint density at radius 3 is 2.77 bits per heavy atom. The molecule has 2 rings (SSSR count). The van der Waals surface area contributed by atoms with Crippen LogP contribution >= 0.6 is 23.1 Å². The maximum absolute atomic E-state index is 11.9. The molecule has 118 valence electrons. The van der Waals surface area contributed by atoms with Gasteiger partial charge in [-0.05, 0) is 25.3 Å². The topological polar surface area (TPSA) is 54.9 Å². The summed E-state index contributed by atoms with van der Waals surface area (Å²) in [5.74, 6) is 1.04. The molecule has 0 radical (unpaired) electrons. The lowest BCUT2D eigenvalue weighted by atomic mass is 10.1. The van der Waals surface area contributed by atoms with Crippen molar-refractivity contribution in [3.63, 3.8) is 0 Å². The van der Waals surface area contributed by atoms with Crippen molar-refractivity contribution in [1.82, 2.24) is 10.2 Å². The third-order valence-corrected chi connectivity index (χ3v) is 5.20. The smallest absolute Gasteiger partial charge is 0.226 e. The largest absolute Gasteiger partial charge is 0.300 e. The molecule has 0 unspecified atom stereocenters. The first-order valence-electron chi connectivity index (χ1n) is 7.49. The van der Waals surface area contributed by atoms with Gasteiger partial charge in [0.15, 0.2) is 4.34 Å². The zero-order valence-corrected chi connectivity index (χ0v) is 14.6. The highest BCUT2D eigenvalue weighted by molar-refractivity contribution is 8.01. The minimum atomic E-state index is -0.0122. The number of amides is 1. The van der Waals surface area contributed by atoms with Gasteiger partial charge in [-0.3, -0.25) is 4.79 Å². The highest BCUT2D eigenvalue weighted by Gasteiger charge is 2.08. The third kappa shape index (κ3) is 5.77. The molecule has 0 spiro atoms. The van der Waals surface area contributed by atoms with Crippen molar-refractivity contribution in [2.24, 2.45) is 0 Å². The molecular formula is C16H21N3OS2. The van der Waals surface area contributed by atoms with E-state index in [0.29, 0.717) is 11.6 Å². The van der Waals surface area contributed by atoms with E-state index in [1.165, 1.54) is 35.3 Å². The molecule has 22 heavy (non-hydrogen) atoms. The Morgan fingerprint density at radius 2 is 2.05 bits per heavy atom. The summed E-state index contributed by atoms with van der Waals surface area (Å²) in [6.45, 7) is 4.22. The van der Waals surface area contributed by atoms with Gasteiger partial charge in [0.25, 0.3) is 0 Å². The minimum Gasteiger partial charge on any atom is -0.300 e. The molecule has 0 fully saturated rings. The van der Waals surface area contributed by atoms with E-state index in [1.54, 1.807) is 11.8 Å². The van der Waals surface area contributed by atoms with Crippen molar-refractivity contribution in [3.8, 4) is 0 Å². The number of aryl methyl sites for hydroxylation is 2. The molecule has 0 aliphatic rings. The molecule has 1 N–H and O–H groups in total. The number of thioether (sulfide) groups is 1. The molecule has 4 nitrogen and oxygen atoms in total. The van der Waals surface area contributed by atoms with Crippen LogP contribution in [0.5, 0.6) is 0 Å². The Kier molecular flexibility index (Phi) is 6.86. The van der Waals surface area contributed by atoms with E-state index in [4.69, 9.17) is 0 Å². The molecular weight excluding hydrogens is 314 g/mol. The number of unbranched alkanes of at least 4 members (excludes halogenated alkanes) is 1. The van der Waals surface area contributed by atoms with Gasteiger partial charge in [0.2, 0.25) is 11.0 Å². The van der Waals surface area contributed by atoms with Crippen molar-refractivity contribution in [3.05, 3.63) is 35.4 Å². The number of nitrogens with one attached hydrogen (secondary N) is 1. The maximum atomic E-state index is 11.9. The lowest BCUT2D eigenvalue weighted by Gasteiger charge is -2.02. The number of carbonyl (C=O) groups excluding carboxylic acids is 1. The molecule has 1 heterocycles. The van der Waals surface area contributed by atoms with Crippen LogP contribution in [0, 0.1) is 6.92 Å². The molecule has 0 saturated carbocycles. The van der Waals surface area contributed by atoms with Crippen LogP contribution in [0.2, 0.25) is 0 Å². The third-order valence-electron chi connectivity index (χ3n) is 3.14. The number of anilines is 1. The summed E-state index contributed by atoms with van der Waals surface area (Å²) in [6.07, 6.45) is 3.54. The predicted octanol–water partition coefficient (Wildman–Crippen LogP) is 4.31. The number of hydrogen-bond donors (Lipinski definition) is 1. The standard InChI is InChI=1S/C16H21N3OS2/c1-3-4-11-21-16-19-18-15(22-16)17-14(20)10-9-13-7-5-12(2)6-8-13/h5-8H,3-4,9-11H2,1-2H3,(H,17,18,20). The van der Waals surface area contributed by atoms with Crippen molar-refractivity contribution < 1.29 is 4.79 Å². The van der Waals surface area contributed by atoms with Gasteiger partial charge in [-0.15, -0.1) is 10.2 Å². The summed E-state index contributed by atoms with van der Waals surface area (Å²) in [5.41, 5.74) is 2.41. The summed E-state index contributed by atoms with van der Waals surface area (Å²) in [5, 5.41) is 11.5. The van der Waals surface area contributed by atoms with Crippen molar-refractivity contribution in [2.45, 2.75) is 43.9 Å². The van der Waals surface area contributed by atoms with E-state index in [-0.39, 0.29) is 5.91 Å². The molecule has 1 aromatic heterocycles. The van der Waals surface area contributed by atoms with Gasteiger partial charge in [-0.1, -0.05) is 66.3 Å². The lowest BCUT2D eigenvalue weighted by Crippen LogP contribution is -2.12. The average molecular weight is 335 g/mol. The Bertz CT molecular complexity index is 596. The Morgan fingerprint density at radius 1 is 1.27 bits per heavy atom. The normalized spacial score (nSPS) is 10.6. The van der Waals surface area contributed by atoms with Crippen molar-refractivity contribution in [1.29, 1.82) is 0 Å². The molecule has 0 saturated heterocycles. The first-order chi connectivity index (χ1) is 10.7. The fraction of sp³-hybridized carbons (Fsp3) is 0.438. The van der Waals surface area contributed by atoms with Gasteiger partial charge in [-0.25, -0.2) is 0 Å². The fourth-order valence-electron chi connectivity index (χ4n) is 1.82. The quantitative estimate of drug-likeness (QED) is 0.444. The van der Waals surface area contributed by atoms with Crippen LogP contribution in [0.4, 0.5) is 5.13 Å². The van der Waals surface area contributed by atoms with Gasteiger partial charge < -0.3 is 5.32 Å². The second kappa shape index (κ2) is 8.90.